The number of rotatable bonds is 4. The van der Waals surface area contributed by atoms with E-state index in [1.807, 2.05) is 0 Å². The first-order valence-corrected chi connectivity index (χ1v) is 7.03. The molecular formula is C12H21N3S. The fourth-order valence-electron chi connectivity index (χ4n) is 2.28. The van der Waals surface area contributed by atoms with Gasteiger partial charge in [-0.05, 0) is 18.8 Å². The molecule has 1 atom stereocenters. The highest BCUT2D eigenvalue weighted by atomic mass is 32.1. The third kappa shape index (κ3) is 2.23. The van der Waals surface area contributed by atoms with Gasteiger partial charge in [-0.2, -0.15) is 0 Å². The quantitative estimate of drug-likeness (QED) is 0.877. The molecule has 1 aromatic rings. The fourth-order valence-corrected chi connectivity index (χ4v) is 3.34. The standard InChI is InChI=1S/C12H21N3S/c1-3-9-5-6-15(8-9)12-14-10(4-2)11(7-13)16-12/h9H,3-8,13H2,1-2H3. The third-order valence-corrected chi connectivity index (χ3v) is 4.60. The average Bonchev–Trinajstić information content (AvgIpc) is 2.94. The van der Waals surface area contributed by atoms with Crippen LogP contribution in [0.1, 0.15) is 37.3 Å². The normalized spacial score (nSPS) is 20.7. The molecule has 1 saturated heterocycles. The Labute approximate surface area is 102 Å². The van der Waals surface area contributed by atoms with Gasteiger partial charge in [-0.15, -0.1) is 11.3 Å². The Bertz CT molecular complexity index is 327. The van der Waals surface area contributed by atoms with Crippen molar-refractivity contribution in [3.05, 3.63) is 10.6 Å². The van der Waals surface area contributed by atoms with Crippen molar-refractivity contribution >= 4 is 16.5 Å². The maximum absolute atomic E-state index is 5.74. The van der Waals surface area contributed by atoms with Gasteiger partial charge >= 0.3 is 0 Å². The van der Waals surface area contributed by atoms with Crippen LogP contribution in [0.15, 0.2) is 0 Å². The maximum atomic E-state index is 5.74. The van der Waals surface area contributed by atoms with Gasteiger partial charge in [0.05, 0.1) is 5.69 Å². The zero-order valence-electron chi connectivity index (χ0n) is 10.2. The molecule has 3 nitrogen and oxygen atoms in total. The highest BCUT2D eigenvalue weighted by molar-refractivity contribution is 7.15. The van der Waals surface area contributed by atoms with Crippen molar-refractivity contribution in [2.24, 2.45) is 11.7 Å². The predicted molar refractivity (Wildman–Crippen MR) is 70.0 cm³/mol. The van der Waals surface area contributed by atoms with Crippen LogP contribution < -0.4 is 10.6 Å². The lowest BCUT2D eigenvalue weighted by molar-refractivity contribution is 0.569. The van der Waals surface area contributed by atoms with Crippen LogP contribution in [-0.4, -0.2) is 18.1 Å². The van der Waals surface area contributed by atoms with Crippen LogP contribution in [0.25, 0.3) is 0 Å². The second-order valence-electron chi connectivity index (χ2n) is 4.43. The minimum Gasteiger partial charge on any atom is -0.348 e. The summed E-state index contributed by atoms with van der Waals surface area (Å²) in [6.07, 6.45) is 3.59. The molecule has 1 aliphatic heterocycles. The number of nitrogens with two attached hydrogens (primary N) is 1. The first kappa shape index (κ1) is 11.9. The molecule has 0 aliphatic carbocycles. The summed E-state index contributed by atoms with van der Waals surface area (Å²) in [6, 6.07) is 0. The smallest absolute Gasteiger partial charge is 0.185 e. The molecule has 0 amide bonds. The van der Waals surface area contributed by atoms with Gasteiger partial charge in [0.15, 0.2) is 5.13 Å². The minimum atomic E-state index is 0.631. The van der Waals surface area contributed by atoms with Gasteiger partial charge < -0.3 is 10.6 Å². The van der Waals surface area contributed by atoms with Crippen molar-refractivity contribution < 1.29 is 0 Å². The van der Waals surface area contributed by atoms with Gasteiger partial charge in [0.2, 0.25) is 0 Å². The second kappa shape index (κ2) is 5.15. The van der Waals surface area contributed by atoms with Crippen molar-refractivity contribution in [3.63, 3.8) is 0 Å². The zero-order chi connectivity index (χ0) is 11.5. The molecule has 16 heavy (non-hydrogen) atoms. The van der Waals surface area contributed by atoms with Gasteiger partial charge in [0.1, 0.15) is 0 Å². The third-order valence-electron chi connectivity index (χ3n) is 3.42. The number of aromatic nitrogens is 1. The average molecular weight is 239 g/mol. The summed E-state index contributed by atoms with van der Waals surface area (Å²) in [5.74, 6) is 0.857. The Hall–Kier alpha value is -0.610. The fraction of sp³-hybridized carbons (Fsp3) is 0.750. The molecule has 0 radical (unpaired) electrons. The molecule has 0 saturated carbocycles. The summed E-state index contributed by atoms with van der Waals surface area (Å²) >= 11 is 1.78. The van der Waals surface area contributed by atoms with E-state index < -0.39 is 0 Å². The summed E-state index contributed by atoms with van der Waals surface area (Å²) < 4.78 is 0. The molecule has 2 rings (SSSR count). The second-order valence-corrected chi connectivity index (χ2v) is 5.50. The van der Waals surface area contributed by atoms with Crippen molar-refractivity contribution in [1.29, 1.82) is 0 Å². The highest BCUT2D eigenvalue weighted by Gasteiger charge is 2.24. The summed E-state index contributed by atoms with van der Waals surface area (Å²) in [5, 5.41) is 1.19. The maximum Gasteiger partial charge on any atom is 0.185 e. The Morgan fingerprint density at radius 1 is 1.50 bits per heavy atom. The van der Waals surface area contributed by atoms with Crippen LogP contribution in [-0.2, 0) is 13.0 Å². The molecule has 0 aromatic carbocycles. The van der Waals surface area contributed by atoms with E-state index in [9.17, 15) is 0 Å². The molecule has 0 bridgehead atoms. The number of thiazole rings is 1. The minimum absolute atomic E-state index is 0.631. The molecule has 1 aromatic heterocycles. The van der Waals surface area contributed by atoms with Crippen LogP contribution in [0, 0.1) is 5.92 Å². The number of nitrogens with zero attached hydrogens (tertiary/aromatic N) is 2. The van der Waals surface area contributed by atoms with E-state index in [2.05, 4.69) is 18.7 Å². The van der Waals surface area contributed by atoms with Gasteiger partial charge in [0, 0.05) is 24.5 Å². The molecule has 90 valence electrons. The summed E-state index contributed by atoms with van der Waals surface area (Å²) in [5.41, 5.74) is 6.94. The molecule has 0 spiro atoms. The summed E-state index contributed by atoms with van der Waals surface area (Å²) in [4.78, 5) is 8.40. The largest absolute Gasteiger partial charge is 0.348 e. The molecule has 1 aliphatic rings. The molecule has 4 heteroatoms. The lowest BCUT2D eigenvalue weighted by Gasteiger charge is -2.14. The van der Waals surface area contributed by atoms with Crippen molar-refractivity contribution in [2.75, 3.05) is 18.0 Å². The lowest BCUT2D eigenvalue weighted by atomic mass is 10.1. The lowest BCUT2D eigenvalue weighted by Crippen LogP contribution is -2.19. The molecule has 1 unspecified atom stereocenters. The highest BCUT2D eigenvalue weighted by Crippen LogP contribution is 2.31. The Morgan fingerprint density at radius 3 is 2.81 bits per heavy atom. The Balaban J connectivity index is 2.12. The van der Waals surface area contributed by atoms with E-state index in [4.69, 9.17) is 10.7 Å². The first-order chi connectivity index (χ1) is 7.78. The SMILES string of the molecule is CCc1nc(N2CCC(CC)C2)sc1CN. The van der Waals surface area contributed by atoms with Crippen LogP contribution in [0.4, 0.5) is 5.13 Å². The van der Waals surface area contributed by atoms with Gasteiger partial charge in [-0.25, -0.2) is 4.98 Å². The van der Waals surface area contributed by atoms with Crippen LogP contribution in [0.3, 0.4) is 0 Å². The van der Waals surface area contributed by atoms with Gasteiger partial charge in [-0.1, -0.05) is 20.3 Å². The number of hydrogen-bond donors (Lipinski definition) is 1. The first-order valence-electron chi connectivity index (χ1n) is 6.22. The molecule has 2 heterocycles. The summed E-state index contributed by atoms with van der Waals surface area (Å²) in [7, 11) is 0. The van der Waals surface area contributed by atoms with E-state index in [0.717, 1.165) is 12.3 Å². The molecule has 2 N–H and O–H groups in total. The van der Waals surface area contributed by atoms with Gasteiger partial charge in [0.25, 0.3) is 0 Å². The van der Waals surface area contributed by atoms with E-state index in [-0.39, 0.29) is 0 Å². The molecular weight excluding hydrogens is 218 g/mol. The number of anilines is 1. The van der Waals surface area contributed by atoms with E-state index in [1.165, 1.54) is 41.6 Å². The number of hydrogen-bond acceptors (Lipinski definition) is 4. The van der Waals surface area contributed by atoms with E-state index in [0.29, 0.717) is 6.54 Å². The van der Waals surface area contributed by atoms with Crippen LogP contribution in [0.5, 0.6) is 0 Å². The van der Waals surface area contributed by atoms with E-state index >= 15 is 0 Å². The monoisotopic (exact) mass is 239 g/mol. The van der Waals surface area contributed by atoms with E-state index in [1.54, 1.807) is 11.3 Å². The predicted octanol–water partition coefficient (Wildman–Crippen LogP) is 2.40. The Kier molecular flexibility index (Phi) is 3.82. The Morgan fingerprint density at radius 2 is 2.31 bits per heavy atom. The number of aryl methyl sites for hydroxylation is 1. The molecule has 1 fully saturated rings. The summed E-state index contributed by atoms with van der Waals surface area (Å²) in [6.45, 7) is 7.40. The topological polar surface area (TPSA) is 42.2 Å². The van der Waals surface area contributed by atoms with Crippen LogP contribution in [0.2, 0.25) is 0 Å². The van der Waals surface area contributed by atoms with Crippen molar-refractivity contribution in [1.82, 2.24) is 4.98 Å². The van der Waals surface area contributed by atoms with Crippen molar-refractivity contribution in [2.45, 2.75) is 39.7 Å². The van der Waals surface area contributed by atoms with Crippen LogP contribution >= 0.6 is 11.3 Å². The zero-order valence-corrected chi connectivity index (χ0v) is 11.0. The van der Waals surface area contributed by atoms with Crippen molar-refractivity contribution in [3.8, 4) is 0 Å². The van der Waals surface area contributed by atoms with Gasteiger partial charge in [-0.3, -0.25) is 0 Å².